The topological polar surface area (TPSA) is 115 Å². The number of nitrogens with one attached hydrogen (secondary N) is 1. The molecule has 1 saturated carbocycles. The fraction of sp³-hybridized carbons (Fsp3) is 0.500. The Balaban J connectivity index is 1.24. The quantitative estimate of drug-likeness (QED) is 0.302. The monoisotopic (exact) mass is 719 g/mol. The molecule has 50 heavy (non-hydrogen) atoms. The second-order valence-electron chi connectivity index (χ2n) is 14.3. The van der Waals surface area contributed by atoms with Crippen LogP contribution in [-0.2, 0) is 37.8 Å². The number of amides is 2. The third-order valence-corrected chi connectivity index (χ3v) is 13.1. The number of carbonyl (C=O) groups is 2. The molecule has 2 aliphatic carbocycles. The zero-order valence-electron chi connectivity index (χ0n) is 28.8. The maximum atomic E-state index is 14.2. The Morgan fingerprint density at radius 1 is 1.18 bits per heavy atom. The molecule has 3 heterocycles. The van der Waals surface area contributed by atoms with Crippen molar-refractivity contribution >= 4 is 39.0 Å². The lowest BCUT2D eigenvalue weighted by Gasteiger charge is -2.46. The molecule has 0 radical (unpaired) electrons. The van der Waals surface area contributed by atoms with E-state index in [-0.39, 0.29) is 23.7 Å². The van der Waals surface area contributed by atoms with Crippen LogP contribution in [0.3, 0.4) is 0 Å². The summed E-state index contributed by atoms with van der Waals surface area (Å²) in [7, 11) is -1.65. The van der Waals surface area contributed by atoms with E-state index in [1.165, 1.54) is 11.1 Å². The number of hydrogen-bond donors (Lipinski definition) is 1. The first-order chi connectivity index (χ1) is 24.1. The molecule has 2 bridgehead atoms. The van der Waals surface area contributed by atoms with E-state index in [2.05, 4.69) is 43.4 Å². The van der Waals surface area contributed by atoms with Crippen LogP contribution in [0.25, 0.3) is 0 Å². The molecule has 5 atom stereocenters. The summed E-state index contributed by atoms with van der Waals surface area (Å²) in [6.45, 7) is 4.26. The fourth-order valence-corrected chi connectivity index (χ4v) is 10.0. The van der Waals surface area contributed by atoms with Crippen molar-refractivity contribution in [3.8, 4) is 5.75 Å². The molecular weight excluding hydrogens is 674 g/mol. The highest BCUT2D eigenvalue weighted by atomic mass is 35.5. The summed E-state index contributed by atoms with van der Waals surface area (Å²) in [6.07, 6.45) is 12.2. The standard InChI is InChI=1S/C38H46ClN5O5S/c1-26-15-18-40-44(26)19-16-36(45)41-50(47)20-5-3-4-8-34(48-2)31-12-9-29(31)23-43-24-38(17-6-7-27-21-30(39)11-13-32(27)38)25-49-35-14-10-28(22-33(35)43)37(46)42-50/h4,8,10-11,13-15,18,21-22,29,31,34H,3,5-7,9,12,16-17,19-20,23-25H2,1-2H3,(H,41,42,45,46,47)/b8-4-/t29-,31+,34-,38-,50?/m0/s1. The van der Waals surface area contributed by atoms with Crippen molar-refractivity contribution < 1.29 is 23.3 Å². The Kier molecular flexibility index (Phi) is 10.1. The third-order valence-electron chi connectivity index (χ3n) is 11.0. The van der Waals surface area contributed by atoms with Crippen LogP contribution in [0.5, 0.6) is 5.75 Å². The molecular formula is C38H46ClN5O5S. The highest BCUT2D eigenvalue weighted by Gasteiger charge is 2.44. The minimum Gasteiger partial charge on any atom is -0.490 e. The summed E-state index contributed by atoms with van der Waals surface area (Å²) >= 11 is 6.45. The number of rotatable bonds is 5. The minimum atomic E-state index is -3.42. The molecule has 2 aliphatic heterocycles. The van der Waals surface area contributed by atoms with Crippen molar-refractivity contribution in [3.05, 3.63) is 88.2 Å². The number of aryl methyl sites for hydroxylation is 3. The predicted octanol–water partition coefficient (Wildman–Crippen LogP) is 6.44. The molecule has 1 unspecified atom stereocenters. The van der Waals surface area contributed by atoms with Gasteiger partial charge in [0.15, 0.2) is 0 Å². The van der Waals surface area contributed by atoms with Gasteiger partial charge in [-0.25, -0.2) is 4.21 Å². The lowest BCUT2D eigenvalue weighted by atomic mass is 9.68. The first kappa shape index (κ1) is 34.8. The lowest BCUT2D eigenvalue weighted by molar-refractivity contribution is -0.119. The van der Waals surface area contributed by atoms with E-state index in [0.29, 0.717) is 49.1 Å². The Hall–Kier alpha value is -3.67. The van der Waals surface area contributed by atoms with Crippen LogP contribution in [0, 0.1) is 18.8 Å². The Labute approximate surface area is 299 Å². The van der Waals surface area contributed by atoms with Gasteiger partial charge in [0.2, 0.25) is 5.91 Å². The van der Waals surface area contributed by atoms with Crippen molar-refractivity contribution in [2.75, 3.05) is 37.5 Å². The van der Waals surface area contributed by atoms with Crippen molar-refractivity contribution in [1.29, 1.82) is 0 Å². The molecule has 2 aromatic carbocycles. The van der Waals surface area contributed by atoms with E-state index in [9.17, 15) is 13.8 Å². The van der Waals surface area contributed by atoms with Crippen LogP contribution in [0.15, 0.2) is 65.2 Å². The molecule has 3 aromatic rings. The smallest absolute Gasteiger partial charge is 0.286 e. The zero-order valence-corrected chi connectivity index (χ0v) is 30.4. The number of anilines is 1. The van der Waals surface area contributed by atoms with Crippen molar-refractivity contribution in [3.63, 3.8) is 0 Å². The maximum absolute atomic E-state index is 14.2. The average molecular weight is 720 g/mol. The molecule has 2 amide bonds. The maximum Gasteiger partial charge on any atom is 0.286 e. The second kappa shape index (κ2) is 14.5. The number of hydrogen-bond acceptors (Lipinski definition) is 7. The van der Waals surface area contributed by atoms with Crippen molar-refractivity contribution in [2.45, 2.75) is 76.4 Å². The van der Waals surface area contributed by atoms with Gasteiger partial charge >= 0.3 is 0 Å². The number of nitrogens with zero attached hydrogens (tertiary/aromatic N) is 4. The first-order valence-corrected chi connectivity index (χ1v) is 19.8. The number of allylic oxidation sites excluding steroid dienone is 1. The summed E-state index contributed by atoms with van der Waals surface area (Å²) in [5.41, 5.74) is 4.36. The van der Waals surface area contributed by atoms with Gasteiger partial charge in [0.25, 0.3) is 5.91 Å². The van der Waals surface area contributed by atoms with Crippen LogP contribution >= 0.6 is 11.6 Å². The first-order valence-electron chi connectivity index (χ1n) is 17.7. The summed E-state index contributed by atoms with van der Waals surface area (Å²) in [5.74, 6) is 0.446. The van der Waals surface area contributed by atoms with Gasteiger partial charge < -0.3 is 14.4 Å². The number of benzene rings is 2. The third kappa shape index (κ3) is 7.22. The van der Waals surface area contributed by atoms with E-state index in [4.69, 9.17) is 21.1 Å². The zero-order chi connectivity index (χ0) is 34.9. The van der Waals surface area contributed by atoms with Gasteiger partial charge in [-0.3, -0.25) is 19.0 Å². The van der Waals surface area contributed by atoms with Crippen molar-refractivity contribution in [1.82, 2.24) is 14.5 Å². The van der Waals surface area contributed by atoms with Crippen LogP contribution in [0.2, 0.25) is 5.02 Å². The van der Waals surface area contributed by atoms with E-state index in [1.807, 2.05) is 31.2 Å². The second-order valence-corrected chi connectivity index (χ2v) is 16.8. The van der Waals surface area contributed by atoms with E-state index >= 15 is 0 Å². The van der Waals surface area contributed by atoms with E-state index < -0.39 is 21.7 Å². The molecule has 0 saturated heterocycles. The number of aromatic nitrogens is 2. The summed E-state index contributed by atoms with van der Waals surface area (Å²) in [6, 6.07) is 13.5. The molecule has 10 nitrogen and oxygen atoms in total. The largest absolute Gasteiger partial charge is 0.490 e. The van der Waals surface area contributed by atoms with Crippen LogP contribution in [0.1, 0.15) is 72.1 Å². The highest BCUT2D eigenvalue weighted by molar-refractivity contribution is 7.92. The molecule has 266 valence electrons. The predicted molar refractivity (Wildman–Crippen MR) is 195 cm³/mol. The van der Waals surface area contributed by atoms with Crippen LogP contribution in [-0.4, -0.2) is 64.5 Å². The van der Waals surface area contributed by atoms with Gasteiger partial charge in [-0.15, -0.1) is 4.36 Å². The summed E-state index contributed by atoms with van der Waals surface area (Å²) < 4.78 is 35.5. The van der Waals surface area contributed by atoms with Gasteiger partial charge in [0.1, 0.15) is 15.7 Å². The normalized spacial score (nSPS) is 28.7. The van der Waals surface area contributed by atoms with Crippen LogP contribution < -0.4 is 14.4 Å². The van der Waals surface area contributed by atoms with Gasteiger partial charge in [0.05, 0.1) is 24.2 Å². The fourth-order valence-electron chi connectivity index (χ4n) is 8.18. The average Bonchev–Trinajstić information content (AvgIpc) is 3.43. The lowest BCUT2D eigenvalue weighted by Crippen LogP contribution is -2.49. The Bertz CT molecular complexity index is 1920. The van der Waals surface area contributed by atoms with Crippen molar-refractivity contribution in [2.24, 2.45) is 16.2 Å². The number of fused-ring (bicyclic) bond motifs is 4. The molecule has 7 rings (SSSR count). The number of ether oxygens (including phenoxy) is 2. The van der Waals surface area contributed by atoms with Gasteiger partial charge in [-0.05, 0) is 111 Å². The molecule has 1 aromatic heterocycles. The summed E-state index contributed by atoms with van der Waals surface area (Å²) in [5, 5.41) is 4.97. The minimum absolute atomic E-state index is 0.0386. The van der Waals surface area contributed by atoms with Gasteiger partial charge in [-0.1, -0.05) is 29.8 Å². The molecule has 12 heteroatoms. The van der Waals surface area contributed by atoms with Gasteiger partial charge in [-0.2, -0.15) is 5.10 Å². The number of halogens is 1. The molecule has 1 spiro atoms. The Morgan fingerprint density at radius 2 is 2.06 bits per heavy atom. The SMILES string of the molecule is CO[C@H]1/C=C\CCCS(=O)(NC(=O)CCn2nccc2C)=NC(=O)c2ccc3c(c2)N(C[C@@H]2CC[C@H]21)C[C@@]1(CCCc2cc(Cl)ccc21)CO3. The van der Waals surface area contributed by atoms with Gasteiger partial charge in [0, 0.05) is 61.1 Å². The molecule has 1 fully saturated rings. The summed E-state index contributed by atoms with van der Waals surface area (Å²) in [4.78, 5) is 29.3. The molecule has 4 aliphatic rings. The number of carbonyl (C=O) groups excluding carboxylic acids is 2. The Morgan fingerprint density at radius 3 is 2.84 bits per heavy atom. The molecule has 1 N–H and O–H groups in total. The van der Waals surface area contributed by atoms with Crippen LogP contribution in [0.4, 0.5) is 5.69 Å². The van der Waals surface area contributed by atoms with E-state index in [0.717, 1.165) is 61.6 Å². The highest BCUT2D eigenvalue weighted by Crippen LogP contribution is 2.47. The number of methoxy groups -OCH3 is 1. The van der Waals surface area contributed by atoms with E-state index in [1.54, 1.807) is 24.1 Å².